The number of pyridine rings is 1. The predicted molar refractivity (Wildman–Crippen MR) is 99.3 cm³/mol. The van der Waals surface area contributed by atoms with Gasteiger partial charge in [0.2, 0.25) is 0 Å². The van der Waals surface area contributed by atoms with E-state index in [0.717, 1.165) is 18.4 Å². The highest BCUT2D eigenvalue weighted by molar-refractivity contribution is 7.91. The zero-order chi connectivity index (χ0) is 20.0. The van der Waals surface area contributed by atoms with E-state index in [9.17, 15) is 18.5 Å². The Morgan fingerprint density at radius 2 is 2.07 bits per heavy atom. The summed E-state index contributed by atoms with van der Waals surface area (Å²) in [4.78, 5) is 12.1. The lowest BCUT2D eigenvalue weighted by atomic mass is 10.00. The van der Waals surface area contributed by atoms with Crippen molar-refractivity contribution in [3.63, 3.8) is 0 Å². The van der Waals surface area contributed by atoms with Gasteiger partial charge in [0.15, 0.2) is 15.7 Å². The number of ether oxygens (including phenoxy) is 1. The van der Waals surface area contributed by atoms with E-state index >= 15 is 0 Å². The van der Waals surface area contributed by atoms with Gasteiger partial charge in [0, 0.05) is 6.20 Å². The third kappa shape index (κ3) is 3.62. The zero-order valence-electron chi connectivity index (χ0n) is 15.7. The fourth-order valence-electron chi connectivity index (χ4n) is 2.83. The Kier molecular flexibility index (Phi) is 4.43. The van der Waals surface area contributed by atoms with Gasteiger partial charge in [-0.3, -0.25) is 5.32 Å². The molecule has 1 fully saturated rings. The minimum atomic E-state index is -3.66. The van der Waals surface area contributed by atoms with Crippen molar-refractivity contribution >= 4 is 27.3 Å². The minimum Gasteiger partial charge on any atom is -0.444 e. The Morgan fingerprint density at radius 3 is 2.59 bits per heavy atom. The summed E-state index contributed by atoms with van der Waals surface area (Å²) >= 11 is 0. The third-order valence-corrected chi connectivity index (χ3v) is 6.20. The van der Waals surface area contributed by atoms with Crippen molar-refractivity contribution in [1.29, 1.82) is 5.26 Å². The van der Waals surface area contributed by atoms with Gasteiger partial charge in [0.05, 0.1) is 22.8 Å². The average Bonchev–Trinajstić information content (AvgIpc) is 3.28. The van der Waals surface area contributed by atoms with Gasteiger partial charge in [0.1, 0.15) is 10.5 Å². The number of sulfone groups is 1. The van der Waals surface area contributed by atoms with Crippen molar-refractivity contribution < 1.29 is 17.9 Å². The average molecular weight is 390 g/mol. The molecule has 0 atom stereocenters. The van der Waals surface area contributed by atoms with Crippen LogP contribution in [0.1, 0.15) is 46.1 Å². The van der Waals surface area contributed by atoms with E-state index in [0.29, 0.717) is 5.52 Å². The maximum absolute atomic E-state index is 12.6. The van der Waals surface area contributed by atoms with Crippen LogP contribution in [0.25, 0.3) is 5.52 Å². The monoisotopic (exact) mass is 390 g/mol. The highest BCUT2D eigenvalue weighted by Crippen LogP contribution is 2.47. The molecule has 2 aromatic rings. The van der Waals surface area contributed by atoms with Gasteiger partial charge < -0.3 is 4.74 Å². The van der Waals surface area contributed by atoms with Gasteiger partial charge >= 0.3 is 6.09 Å². The number of nitrogens with one attached hydrogen (secondary N) is 1. The second kappa shape index (κ2) is 6.23. The first-order chi connectivity index (χ1) is 12.5. The van der Waals surface area contributed by atoms with Crippen LogP contribution in [-0.4, -0.2) is 35.5 Å². The fraction of sp³-hybridized carbons (Fsp3) is 0.500. The molecule has 8 nitrogen and oxygen atoms in total. The summed E-state index contributed by atoms with van der Waals surface area (Å²) in [6.45, 7) is 6.66. The van der Waals surface area contributed by atoms with Gasteiger partial charge in [-0.2, -0.15) is 5.26 Å². The van der Waals surface area contributed by atoms with Crippen LogP contribution >= 0.6 is 0 Å². The van der Waals surface area contributed by atoms with Crippen molar-refractivity contribution in [2.75, 3.05) is 11.1 Å². The third-order valence-electron chi connectivity index (χ3n) is 4.41. The Bertz CT molecular complexity index is 1050. The minimum absolute atomic E-state index is 0.0517. The summed E-state index contributed by atoms with van der Waals surface area (Å²) in [5, 5.41) is 16.1. The standard InChI is InChI=1S/C18H22N4O4S/c1-5-27(24,25)14-13-7-6-12(18(11-19)8-9-18)10-22(13)21-15(14)20-16(23)26-17(2,3)4/h6-7,10H,5,8-9H2,1-4H3,(H,20,21,23). The molecule has 1 amide bonds. The van der Waals surface area contributed by atoms with Gasteiger partial charge in [0.25, 0.3) is 0 Å². The summed E-state index contributed by atoms with van der Waals surface area (Å²) in [6, 6.07) is 5.68. The number of hydrogen-bond donors (Lipinski definition) is 1. The molecule has 0 radical (unpaired) electrons. The van der Waals surface area contributed by atoms with Crippen LogP contribution in [0.5, 0.6) is 0 Å². The molecule has 2 heterocycles. The molecule has 1 aliphatic rings. The lowest BCUT2D eigenvalue weighted by Gasteiger charge is -2.19. The Hall–Kier alpha value is -2.60. The van der Waals surface area contributed by atoms with Gasteiger partial charge in [-0.05, 0) is 45.2 Å². The lowest BCUT2D eigenvalue weighted by Crippen LogP contribution is -2.27. The number of nitriles is 1. The van der Waals surface area contributed by atoms with Gasteiger partial charge in [-0.15, -0.1) is 5.10 Å². The SMILES string of the molecule is CCS(=O)(=O)c1c(NC(=O)OC(C)(C)C)nn2cc(C3(C#N)CC3)ccc12. The Morgan fingerprint density at radius 1 is 1.41 bits per heavy atom. The highest BCUT2D eigenvalue weighted by Gasteiger charge is 2.45. The number of hydrogen-bond acceptors (Lipinski definition) is 6. The number of anilines is 1. The molecule has 2 aromatic heterocycles. The van der Waals surface area contributed by atoms with Crippen LogP contribution in [0.2, 0.25) is 0 Å². The Labute approximate surface area is 158 Å². The smallest absolute Gasteiger partial charge is 0.413 e. The molecule has 0 saturated heterocycles. The van der Waals surface area contributed by atoms with E-state index in [1.807, 2.05) is 0 Å². The van der Waals surface area contributed by atoms with Gasteiger partial charge in [-0.1, -0.05) is 13.0 Å². The summed E-state index contributed by atoms with van der Waals surface area (Å²) in [6.07, 6.45) is 2.40. The topological polar surface area (TPSA) is 114 Å². The summed E-state index contributed by atoms with van der Waals surface area (Å²) in [5.41, 5.74) is -0.127. The molecular weight excluding hydrogens is 368 g/mol. The van der Waals surface area contributed by atoms with Gasteiger partial charge in [-0.25, -0.2) is 17.7 Å². The number of fused-ring (bicyclic) bond motifs is 1. The molecule has 27 heavy (non-hydrogen) atoms. The first kappa shape index (κ1) is 19.2. The van der Waals surface area contributed by atoms with Crippen LogP contribution in [0.15, 0.2) is 23.2 Å². The number of carbonyl (C=O) groups is 1. The van der Waals surface area contributed by atoms with Crippen molar-refractivity contribution in [2.45, 2.75) is 56.4 Å². The first-order valence-corrected chi connectivity index (χ1v) is 10.3. The van der Waals surface area contributed by atoms with Crippen LogP contribution in [0.4, 0.5) is 10.6 Å². The normalized spacial score (nSPS) is 16.0. The van der Waals surface area contributed by atoms with E-state index in [1.54, 1.807) is 39.1 Å². The van der Waals surface area contributed by atoms with Crippen molar-refractivity contribution in [3.8, 4) is 6.07 Å². The molecular formula is C18H22N4O4S. The molecule has 9 heteroatoms. The second-order valence-electron chi connectivity index (χ2n) is 7.65. The fourth-order valence-corrected chi connectivity index (χ4v) is 3.99. The zero-order valence-corrected chi connectivity index (χ0v) is 16.6. The molecule has 0 unspecified atom stereocenters. The van der Waals surface area contributed by atoms with Crippen LogP contribution < -0.4 is 5.32 Å². The van der Waals surface area contributed by atoms with Crippen molar-refractivity contribution in [2.24, 2.45) is 0 Å². The van der Waals surface area contributed by atoms with Crippen LogP contribution in [0.3, 0.4) is 0 Å². The Balaban J connectivity index is 2.10. The number of aromatic nitrogens is 2. The molecule has 1 aliphatic carbocycles. The number of rotatable bonds is 4. The molecule has 0 aromatic carbocycles. The predicted octanol–water partition coefficient (Wildman–Crippen LogP) is 3.03. The van der Waals surface area contributed by atoms with E-state index in [2.05, 4.69) is 16.5 Å². The van der Waals surface area contributed by atoms with E-state index in [-0.39, 0.29) is 16.5 Å². The van der Waals surface area contributed by atoms with Crippen LogP contribution in [0, 0.1) is 11.3 Å². The number of amides is 1. The van der Waals surface area contributed by atoms with E-state index in [4.69, 9.17) is 4.74 Å². The maximum Gasteiger partial charge on any atom is 0.413 e. The maximum atomic E-state index is 12.6. The summed E-state index contributed by atoms with van der Waals surface area (Å²) in [7, 11) is -3.66. The number of nitrogens with zero attached hydrogens (tertiary/aromatic N) is 3. The highest BCUT2D eigenvalue weighted by atomic mass is 32.2. The first-order valence-electron chi connectivity index (χ1n) is 8.68. The molecule has 1 N–H and O–H groups in total. The quantitative estimate of drug-likeness (QED) is 0.858. The van der Waals surface area contributed by atoms with E-state index in [1.165, 1.54) is 11.4 Å². The molecule has 0 bridgehead atoms. The molecule has 1 saturated carbocycles. The number of carbonyl (C=O) groups excluding carboxylic acids is 1. The molecule has 0 aliphatic heterocycles. The lowest BCUT2D eigenvalue weighted by molar-refractivity contribution is 0.0635. The molecule has 144 valence electrons. The van der Waals surface area contributed by atoms with Crippen molar-refractivity contribution in [1.82, 2.24) is 9.61 Å². The van der Waals surface area contributed by atoms with Crippen LogP contribution in [-0.2, 0) is 20.0 Å². The van der Waals surface area contributed by atoms with E-state index < -0.39 is 26.9 Å². The largest absolute Gasteiger partial charge is 0.444 e. The molecule has 3 rings (SSSR count). The summed E-state index contributed by atoms with van der Waals surface area (Å²) < 4.78 is 31.8. The second-order valence-corrected chi connectivity index (χ2v) is 9.86. The molecule has 0 spiro atoms. The van der Waals surface area contributed by atoms with Crippen molar-refractivity contribution in [3.05, 3.63) is 23.9 Å². The summed E-state index contributed by atoms with van der Waals surface area (Å²) in [5.74, 6) is -0.216.